The quantitative estimate of drug-likeness (QED) is 0.190. The van der Waals surface area contributed by atoms with Crippen molar-refractivity contribution in [2.75, 3.05) is 0 Å². The molecule has 0 aliphatic rings. The lowest BCUT2D eigenvalue weighted by Crippen LogP contribution is -1.90. The van der Waals surface area contributed by atoms with Crippen LogP contribution in [0, 0.1) is 0 Å². The van der Waals surface area contributed by atoms with E-state index >= 15 is 0 Å². The Bertz CT molecular complexity index is 2530. The van der Waals surface area contributed by atoms with Crippen molar-refractivity contribution in [1.29, 1.82) is 0 Å². The maximum Gasteiger partial charge on any atom is -0.00199 e. The van der Waals surface area contributed by atoms with Crippen LogP contribution in [0.5, 0.6) is 0 Å². The number of benzene rings is 9. The largest absolute Gasteiger partial charge is 0.0622 e. The molecule has 0 bridgehead atoms. The summed E-state index contributed by atoms with van der Waals surface area (Å²) in [6, 6.07) is 62.3. The molecule has 0 aliphatic heterocycles. The van der Waals surface area contributed by atoms with Crippen molar-refractivity contribution in [1.82, 2.24) is 0 Å². The van der Waals surface area contributed by atoms with Gasteiger partial charge in [-0.15, -0.1) is 0 Å². The van der Waals surface area contributed by atoms with E-state index in [2.05, 4.69) is 170 Å². The summed E-state index contributed by atoms with van der Waals surface area (Å²) in [5.41, 5.74) is 7.49. The fourth-order valence-electron chi connectivity index (χ4n) is 7.19. The molecule has 0 amide bonds. The molecule has 204 valence electrons. The zero-order valence-electron chi connectivity index (χ0n) is 24.2. The second-order valence-electron chi connectivity index (χ2n) is 11.7. The molecule has 0 fully saturated rings. The normalized spacial score (nSPS) is 11.6. The van der Waals surface area contributed by atoms with Crippen molar-refractivity contribution < 1.29 is 0 Å². The van der Waals surface area contributed by atoms with E-state index in [0.29, 0.717) is 0 Å². The first kappa shape index (κ1) is 24.8. The minimum absolute atomic E-state index is 1.23. The average Bonchev–Trinajstić information content (AvgIpc) is 3.11. The lowest BCUT2D eigenvalue weighted by Gasteiger charge is -2.18. The Morgan fingerprint density at radius 2 is 0.773 bits per heavy atom. The van der Waals surface area contributed by atoms with Gasteiger partial charge in [-0.3, -0.25) is 0 Å². The van der Waals surface area contributed by atoms with Crippen molar-refractivity contribution in [3.05, 3.63) is 170 Å². The fourth-order valence-corrected chi connectivity index (χ4v) is 7.19. The predicted octanol–water partition coefficient (Wildman–Crippen LogP) is 12.5. The molecule has 0 nitrogen and oxygen atoms in total. The Kier molecular flexibility index (Phi) is 5.61. The van der Waals surface area contributed by atoms with E-state index in [0.717, 1.165) is 0 Å². The lowest BCUT2D eigenvalue weighted by atomic mass is 9.86. The van der Waals surface area contributed by atoms with Crippen molar-refractivity contribution in [2.24, 2.45) is 0 Å². The third kappa shape index (κ3) is 3.85. The van der Waals surface area contributed by atoms with Gasteiger partial charge in [-0.1, -0.05) is 152 Å². The highest BCUT2D eigenvalue weighted by molar-refractivity contribution is 6.33. The molecular weight excluding hydrogens is 528 g/mol. The van der Waals surface area contributed by atoms with Gasteiger partial charge in [0, 0.05) is 0 Å². The highest BCUT2D eigenvalue weighted by Gasteiger charge is 2.16. The summed E-state index contributed by atoms with van der Waals surface area (Å²) in [4.78, 5) is 0. The molecule has 0 unspecified atom stereocenters. The third-order valence-corrected chi connectivity index (χ3v) is 9.22. The second kappa shape index (κ2) is 9.93. The molecule has 0 heterocycles. The smallest absolute Gasteiger partial charge is 0.00199 e. The van der Waals surface area contributed by atoms with Crippen molar-refractivity contribution in [2.45, 2.75) is 0 Å². The molecular formula is C44H28. The van der Waals surface area contributed by atoms with Crippen LogP contribution in [0.3, 0.4) is 0 Å². The molecule has 0 aliphatic carbocycles. The van der Waals surface area contributed by atoms with Crippen molar-refractivity contribution in [3.8, 4) is 33.4 Å². The third-order valence-electron chi connectivity index (χ3n) is 9.22. The van der Waals surface area contributed by atoms with E-state index in [1.54, 1.807) is 0 Å². The van der Waals surface area contributed by atoms with Crippen LogP contribution in [0.2, 0.25) is 0 Å². The molecule has 0 saturated heterocycles. The monoisotopic (exact) mass is 556 g/mol. The van der Waals surface area contributed by atoms with Gasteiger partial charge in [0.2, 0.25) is 0 Å². The highest BCUT2D eigenvalue weighted by atomic mass is 14.2. The van der Waals surface area contributed by atoms with Crippen LogP contribution in [0.1, 0.15) is 0 Å². The van der Waals surface area contributed by atoms with Crippen LogP contribution < -0.4 is 0 Å². The summed E-state index contributed by atoms with van der Waals surface area (Å²) in [7, 11) is 0. The zero-order chi connectivity index (χ0) is 29.0. The number of hydrogen-bond acceptors (Lipinski definition) is 0. The molecule has 0 aromatic heterocycles. The predicted molar refractivity (Wildman–Crippen MR) is 190 cm³/mol. The van der Waals surface area contributed by atoms with Crippen LogP contribution in [0.25, 0.3) is 87.2 Å². The summed E-state index contributed by atoms with van der Waals surface area (Å²) in [5, 5.41) is 12.9. The highest BCUT2D eigenvalue weighted by Crippen LogP contribution is 2.44. The van der Waals surface area contributed by atoms with Gasteiger partial charge < -0.3 is 0 Å². The number of rotatable bonds is 3. The molecule has 0 N–H and O–H groups in total. The molecule has 9 rings (SSSR count). The molecule has 9 aromatic carbocycles. The van der Waals surface area contributed by atoms with E-state index < -0.39 is 0 Å². The van der Waals surface area contributed by atoms with Crippen LogP contribution in [0.4, 0.5) is 0 Å². The topological polar surface area (TPSA) is 0 Å². The van der Waals surface area contributed by atoms with E-state index in [-0.39, 0.29) is 0 Å². The maximum atomic E-state index is 2.44. The van der Waals surface area contributed by atoms with Crippen LogP contribution in [-0.2, 0) is 0 Å². The standard InChI is InChI=1S/C44H28/c1-2-12-29(13-3-1)31-16-10-17-32(26-31)33-24-25-40-41(27-33)36-19-6-7-20-37(36)43-28-42(38-21-8-9-22-39(38)44(40)43)35-23-11-15-30-14-4-5-18-34(30)35/h1-28H. The van der Waals surface area contributed by atoms with Crippen LogP contribution in [-0.4, -0.2) is 0 Å². The van der Waals surface area contributed by atoms with Gasteiger partial charge in [0.15, 0.2) is 0 Å². The van der Waals surface area contributed by atoms with Gasteiger partial charge in [-0.2, -0.15) is 0 Å². The lowest BCUT2D eigenvalue weighted by molar-refractivity contribution is 1.60. The second-order valence-corrected chi connectivity index (χ2v) is 11.7. The first-order chi connectivity index (χ1) is 21.8. The number of hydrogen-bond donors (Lipinski definition) is 0. The first-order valence-corrected chi connectivity index (χ1v) is 15.3. The van der Waals surface area contributed by atoms with Crippen molar-refractivity contribution >= 4 is 53.9 Å². The van der Waals surface area contributed by atoms with Gasteiger partial charge in [0.05, 0.1) is 0 Å². The Morgan fingerprint density at radius 3 is 1.59 bits per heavy atom. The molecule has 9 aromatic rings. The zero-order valence-corrected chi connectivity index (χ0v) is 24.2. The Hall–Kier alpha value is -5.72. The van der Waals surface area contributed by atoms with E-state index in [1.807, 2.05) is 0 Å². The summed E-state index contributed by atoms with van der Waals surface area (Å²) in [6.07, 6.45) is 0. The Morgan fingerprint density at radius 1 is 0.227 bits per heavy atom. The van der Waals surface area contributed by atoms with Gasteiger partial charge >= 0.3 is 0 Å². The average molecular weight is 557 g/mol. The Balaban J connectivity index is 1.35. The van der Waals surface area contributed by atoms with Crippen LogP contribution in [0.15, 0.2) is 170 Å². The fraction of sp³-hybridized carbons (Fsp3) is 0. The van der Waals surface area contributed by atoms with Gasteiger partial charge in [-0.05, 0) is 105 Å². The SMILES string of the molecule is c1ccc(-c2cccc(-c3ccc4c(c3)c3ccccc3c3cc(-c5cccc6ccccc56)c5ccccc5c43)c2)cc1. The van der Waals surface area contributed by atoms with E-state index in [4.69, 9.17) is 0 Å². The molecule has 0 atom stereocenters. The molecule has 0 heteroatoms. The number of fused-ring (bicyclic) bond motifs is 9. The minimum Gasteiger partial charge on any atom is -0.0622 e. The van der Waals surface area contributed by atoms with Gasteiger partial charge in [0.1, 0.15) is 0 Å². The summed E-state index contributed by atoms with van der Waals surface area (Å²) >= 11 is 0. The van der Waals surface area contributed by atoms with Gasteiger partial charge in [-0.25, -0.2) is 0 Å². The maximum absolute atomic E-state index is 2.44. The summed E-state index contributed by atoms with van der Waals surface area (Å²) in [6.45, 7) is 0. The summed E-state index contributed by atoms with van der Waals surface area (Å²) in [5.74, 6) is 0. The Labute approximate surface area is 256 Å². The molecule has 44 heavy (non-hydrogen) atoms. The van der Waals surface area contributed by atoms with Crippen molar-refractivity contribution in [3.63, 3.8) is 0 Å². The molecule has 0 radical (unpaired) electrons. The van der Waals surface area contributed by atoms with E-state index in [9.17, 15) is 0 Å². The van der Waals surface area contributed by atoms with E-state index in [1.165, 1.54) is 87.2 Å². The molecule has 0 spiro atoms. The minimum atomic E-state index is 1.23. The van der Waals surface area contributed by atoms with Crippen LogP contribution >= 0.6 is 0 Å². The summed E-state index contributed by atoms with van der Waals surface area (Å²) < 4.78 is 0. The van der Waals surface area contributed by atoms with Gasteiger partial charge in [0.25, 0.3) is 0 Å². The first-order valence-electron chi connectivity index (χ1n) is 15.3. The molecule has 0 saturated carbocycles.